The number of carbonyl (C=O) groups is 2. The summed E-state index contributed by atoms with van der Waals surface area (Å²) in [7, 11) is 4.89. The number of hydrogen-bond donors (Lipinski definition) is 2. The molecule has 1 aliphatic carbocycles. The van der Waals surface area contributed by atoms with E-state index in [4.69, 9.17) is 24.2 Å². The van der Waals surface area contributed by atoms with E-state index in [0.29, 0.717) is 53.0 Å². The van der Waals surface area contributed by atoms with Crippen molar-refractivity contribution in [1.82, 2.24) is 15.0 Å². The van der Waals surface area contributed by atoms with Gasteiger partial charge in [-0.2, -0.15) is 0 Å². The van der Waals surface area contributed by atoms with E-state index in [2.05, 4.69) is 21.8 Å². The zero-order valence-electron chi connectivity index (χ0n) is 30.8. The Kier molecular flexibility index (Phi) is 10.7. The van der Waals surface area contributed by atoms with E-state index in [1.165, 1.54) is 12.3 Å². The van der Waals surface area contributed by atoms with Gasteiger partial charge in [0.2, 0.25) is 5.91 Å². The van der Waals surface area contributed by atoms with Crippen molar-refractivity contribution in [1.29, 1.82) is 0 Å². The predicted octanol–water partition coefficient (Wildman–Crippen LogP) is 7.95. The first kappa shape index (κ1) is 36.6. The summed E-state index contributed by atoms with van der Waals surface area (Å²) in [5.74, 6) is 1.85. The number of benzene rings is 2. The van der Waals surface area contributed by atoms with E-state index in [1.54, 1.807) is 27.5 Å². The minimum atomic E-state index is -1.11. The van der Waals surface area contributed by atoms with Crippen LogP contribution < -0.4 is 24.4 Å². The van der Waals surface area contributed by atoms with E-state index in [9.17, 15) is 14.7 Å². The van der Waals surface area contributed by atoms with Gasteiger partial charge >= 0.3 is 5.97 Å². The smallest absolute Gasteiger partial charge is 0.354 e. The van der Waals surface area contributed by atoms with Gasteiger partial charge in [0.25, 0.3) is 0 Å². The molecule has 0 radical (unpaired) electrons. The fourth-order valence-electron chi connectivity index (χ4n) is 6.66. The summed E-state index contributed by atoms with van der Waals surface area (Å²) in [6.07, 6.45) is 7.82. The van der Waals surface area contributed by atoms with Crippen molar-refractivity contribution in [2.45, 2.75) is 40.3 Å². The van der Waals surface area contributed by atoms with Crippen LogP contribution in [-0.2, 0) is 17.9 Å². The molecule has 0 aliphatic heterocycles. The van der Waals surface area contributed by atoms with Crippen molar-refractivity contribution in [2.24, 2.45) is 11.8 Å². The Balaban J connectivity index is 1.50. The van der Waals surface area contributed by atoms with Crippen LogP contribution in [0.1, 0.15) is 46.1 Å². The molecule has 53 heavy (non-hydrogen) atoms. The molecule has 6 rings (SSSR count). The number of nitrogens with zero attached hydrogens (tertiary/aromatic N) is 4. The van der Waals surface area contributed by atoms with Crippen LogP contribution >= 0.6 is 0 Å². The van der Waals surface area contributed by atoms with Gasteiger partial charge in [0.1, 0.15) is 34.6 Å². The lowest BCUT2D eigenvalue weighted by Gasteiger charge is -2.28. The standard InChI is InChI=1S/C42H43N5O6/c1-8-26(9-2)31-19-32(31)41(48)46-39-17-29-16-35(33-20-43-36(42(49)50)15-25(33)4)45-40(34(29)21-44-39)47(22-27-11-10-24(3)14-37(27)52-6)23-28-12-13-30(51-5)18-38(28)53-7/h8-18,20-21,31-32H,1,19,22-23H2,2-7H3,(H,49,50)(H,44,46,48)/b26-9+/t31-,32?/m1/s1. The topological polar surface area (TPSA) is 136 Å². The number of fused-ring (bicyclic) bond motifs is 1. The molecule has 3 heterocycles. The summed E-state index contributed by atoms with van der Waals surface area (Å²) in [6, 6.07) is 17.1. The normalized spacial score (nSPS) is 15.1. The van der Waals surface area contributed by atoms with Crippen LogP contribution in [0.2, 0.25) is 0 Å². The predicted molar refractivity (Wildman–Crippen MR) is 206 cm³/mol. The van der Waals surface area contributed by atoms with Crippen molar-refractivity contribution < 1.29 is 28.9 Å². The monoisotopic (exact) mass is 713 g/mol. The average molecular weight is 714 g/mol. The quantitative estimate of drug-likeness (QED) is 0.109. The van der Waals surface area contributed by atoms with E-state index in [0.717, 1.165) is 45.2 Å². The van der Waals surface area contributed by atoms with Crippen LogP contribution in [0.25, 0.3) is 22.0 Å². The van der Waals surface area contributed by atoms with Crippen LogP contribution in [0.4, 0.5) is 11.6 Å². The molecule has 0 saturated heterocycles. The van der Waals surface area contributed by atoms with Crippen molar-refractivity contribution >= 4 is 34.3 Å². The molecular formula is C42H43N5O6. The molecule has 1 unspecified atom stereocenters. The first-order chi connectivity index (χ1) is 25.6. The number of anilines is 2. The summed E-state index contributed by atoms with van der Waals surface area (Å²) >= 11 is 0. The minimum Gasteiger partial charge on any atom is -0.497 e. The number of ether oxygens (including phenoxy) is 3. The van der Waals surface area contributed by atoms with Gasteiger partial charge in [-0.05, 0) is 91.6 Å². The average Bonchev–Trinajstić information content (AvgIpc) is 3.96. The molecule has 1 saturated carbocycles. The zero-order valence-corrected chi connectivity index (χ0v) is 30.8. The highest BCUT2D eigenvalue weighted by molar-refractivity contribution is 5.99. The Hall–Kier alpha value is -6.23. The maximum atomic E-state index is 13.3. The van der Waals surface area contributed by atoms with Crippen LogP contribution in [0.5, 0.6) is 17.2 Å². The van der Waals surface area contributed by atoms with Crippen molar-refractivity contribution in [3.8, 4) is 28.5 Å². The van der Waals surface area contributed by atoms with Gasteiger partial charge in [-0.25, -0.2) is 19.7 Å². The molecule has 11 heteroatoms. The van der Waals surface area contributed by atoms with Gasteiger partial charge in [-0.15, -0.1) is 0 Å². The molecular weight excluding hydrogens is 670 g/mol. The molecule has 5 aromatic rings. The van der Waals surface area contributed by atoms with Gasteiger partial charge in [-0.3, -0.25) is 4.79 Å². The van der Waals surface area contributed by atoms with Gasteiger partial charge in [0, 0.05) is 59.5 Å². The number of aryl methyl sites for hydroxylation is 2. The third kappa shape index (κ3) is 7.84. The van der Waals surface area contributed by atoms with Crippen molar-refractivity contribution in [3.63, 3.8) is 0 Å². The maximum Gasteiger partial charge on any atom is 0.354 e. The summed E-state index contributed by atoms with van der Waals surface area (Å²) in [5.41, 5.74) is 5.83. The van der Waals surface area contributed by atoms with Gasteiger partial charge in [0.05, 0.1) is 27.0 Å². The molecule has 1 fully saturated rings. The molecule has 3 aromatic heterocycles. The first-order valence-electron chi connectivity index (χ1n) is 17.3. The summed E-state index contributed by atoms with van der Waals surface area (Å²) < 4.78 is 17.1. The lowest BCUT2D eigenvalue weighted by molar-refractivity contribution is -0.117. The van der Waals surface area contributed by atoms with Crippen molar-refractivity contribution in [3.05, 3.63) is 119 Å². The molecule has 0 spiro atoms. The van der Waals surface area contributed by atoms with Crippen LogP contribution in [0.15, 0.2) is 91.3 Å². The second-order valence-electron chi connectivity index (χ2n) is 13.1. The highest BCUT2D eigenvalue weighted by Crippen LogP contribution is 2.45. The number of amides is 1. The van der Waals surface area contributed by atoms with Crippen LogP contribution in [0.3, 0.4) is 0 Å². The van der Waals surface area contributed by atoms with Gasteiger partial charge in [-0.1, -0.05) is 30.9 Å². The lowest BCUT2D eigenvalue weighted by Crippen LogP contribution is -2.24. The number of carboxylic acids is 1. The Morgan fingerprint density at radius 3 is 2.28 bits per heavy atom. The number of rotatable bonds is 14. The summed E-state index contributed by atoms with van der Waals surface area (Å²) in [5, 5.41) is 14.1. The second kappa shape index (κ2) is 15.6. The Morgan fingerprint density at radius 2 is 1.64 bits per heavy atom. The number of nitrogens with one attached hydrogen (secondary N) is 1. The minimum absolute atomic E-state index is 0.0583. The van der Waals surface area contributed by atoms with Gasteiger partial charge < -0.3 is 29.5 Å². The van der Waals surface area contributed by atoms with Gasteiger partial charge in [0.15, 0.2) is 0 Å². The third-order valence-electron chi connectivity index (χ3n) is 9.64. The third-order valence-corrected chi connectivity index (χ3v) is 9.64. The molecule has 2 N–H and O–H groups in total. The van der Waals surface area contributed by atoms with E-state index >= 15 is 0 Å². The van der Waals surface area contributed by atoms with Crippen LogP contribution in [-0.4, -0.2) is 53.3 Å². The number of carboxylic acid groups (broad SMARTS) is 1. The van der Waals surface area contributed by atoms with Crippen molar-refractivity contribution in [2.75, 3.05) is 31.5 Å². The molecule has 0 bridgehead atoms. The number of aromatic nitrogens is 3. The molecule has 2 aromatic carbocycles. The number of carbonyl (C=O) groups excluding carboxylic acids is 1. The maximum absolute atomic E-state index is 13.3. The first-order valence-corrected chi connectivity index (χ1v) is 17.3. The number of methoxy groups -OCH3 is 3. The highest BCUT2D eigenvalue weighted by Gasteiger charge is 2.44. The largest absolute Gasteiger partial charge is 0.497 e. The molecule has 1 amide bonds. The highest BCUT2D eigenvalue weighted by atomic mass is 16.5. The fraction of sp³-hybridized carbons (Fsp3) is 0.262. The van der Waals surface area contributed by atoms with E-state index < -0.39 is 5.97 Å². The molecule has 2 atom stereocenters. The lowest BCUT2D eigenvalue weighted by atomic mass is 10.0. The molecule has 11 nitrogen and oxygen atoms in total. The number of allylic oxidation sites excluding steroid dienone is 3. The zero-order chi connectivity index (χ0) is 37.8. The summed E-state index contributed by atoms with van der Waals surface area (Å²) in [4.78, 5) is 41.3. The Bertz CT molecular complexity index is 2250. The SMILES string of the molecule is C=C/C(=C\C)[C@H]1CC1C(=O)Nc1cc2cc(-c3cnc(C(=O)O)cc3C)nc(N(Cc3ccc(C)cc3OC)Cc3ccc(OC)cc3OC)c2cn1. The van der Waals surface area contributed by atoms with E-state index in [1.807, 2.05) is 81.5 Å². The Labute approximate surface area is 309 Å². The number of aromatic carboxylic acids is 1. The fourth-order valence-corrected chi connectivity index (χ4v) is 6.66. The molecule has 272 valence electrons. The number of pyridine rings is 3. The molecule has 1 aliphatic rings. The summed E-state index contributed by atoms with van der Waals surface area (Å²) in [6.45, 7) is 10.5. The van der Waals surface area contributed by atoms with E-state index in [-0.39, 0.29) is 23.4 Å². The van der Waals surface area contributed by atoms with Crippen LogP contribution in [0, 0.1) is 25.7 Å². The Morgan fingerprint density at radius 1 is 0.925 bits per heavy atom. The second-order valence-corrected chi connectivity index (χ2v) is 13.1. The number of hydrogen-bond acceptors (Lipinski definition) is 9.